The summed E-state index contributed by atoms with van der Waals surface area (Å²) in [4.78, 5) is 11.8. The third-order valence-electron chi connectivity index (χ3n) is 3.01. The lowest BCUT2D eigenvalue weighted by molar-refractivity contribution is 0.543. The summed E-state index contributed by atoms with van der Waals surface area (Å²) in [5.41, 5.74) is 1.68. The maximum atomic E-state index is 11.8. The number of hydrogen-bond donors (Lipinski definition) is 1. The molecule has 0 unspecified atom stereocenters. The SMILES string of the molecule is CC(C)n1nc(C2CC2)c2c(=O)[nH]ncc21. The van der Waals surface area contributed by atoms with Crippen LogP contribution in [-0.4, -0.2) is 20.0 Å². The molecule has 1 aliphatic rings. The first kappa shape index (κ1) is 9.57. The van der Waals surface area contributed by atoms with Gasteiger partial charge in [0.25, 0.3) is 5.56 Å². The van der Waals surface area contributed by atoms with Crippen LogP contribution in [0.2, 0.25) is 0 Å². The molecule has 3 rings (SSSR count). The fraction of sp³-hybridized carbons (Fsp3) is 0.545. The summed E-state index contributed by atoms with van der Waals surface area (Å²) in [6.07, 6.45) is 3.98. The minimum Gasteiger partial charge on any atom is -0.267 e. The lowest BCUT2D eigenvalue weighted by atomic mass is 10.2. The number of rotatable bonds is 2. The highest BCUT2D eigenvalue weighted by Crippen LogP contribution is 2.41. The molecule has 5 nitrogen and oxygen atoms in total. The third kappa shape index (κ3) is 1.27. The van der Waals surface area contributed by atoms with Gasteiger partial charge < -0.3 is 0 Å². The molecule has 84 valence electrons. The number of hydrogen-bond acceptors (Lipinski definition) is 3. The molecule has 5 heteroatoms. The highest BCUT2D eigenvalue weighted by Gasteiger charge is 2.30. The van der Waals surface area contributed by atoms with Crippen LogP contribution in [0.25, 0.3) is 10.9 Å². The largest absolute Gasteiger partial charge is 0.275 e. The maximum absolute atomic E-state index is 11.8. The molecule has 0 aromatic carbocycles. The lowest BCUT2D eigenvalue weighted by Gasteiger charge is -2.05. The van der Waals surface area contributed by atoms with E-state index in [2.05, 4.69) is 29.1 Å². The Morgan fingerprint density at radius 1 is 1.50 bits per heavy atom. The zero-order chi connectivity index (χ0) is 11.3. The molecule has 16 heavy (non-hydrogen) atoms. The van der Waals surface area contributed by atoms with Crippen LogP contribution in [0.4, 0.5) is 0 Å². The third-order valence-corrected chi connectivity index (χ3v) is 3.01. The van der Waals surface area contributed by atoms with Gasteiger partial charge in [0.1, 0.15) is 0 Å². The van der Waals surface area contributed by atoms with Gasteiger partial charge in [-0.25, -0.2) is 5.10 Å². The summed E-state index contributed by atoms with van der Waals surface area (Å²) in [6.45, 7) is 4.12. The minimum atomic E-state index is -0.119. The fourth-order valence-corrected chi connectivity index (χ4v) is 2.07. The van der Waals surface area contributed by atoms with E-state index in [0.717, 1.165) is 29.4 Å². The van der Waals surface area contributed by atoms with Crippen molar-refractivity contribution >= 4 is 10.9 Å². The zero-order valence-electron chi connectivity index (χ0n) is 9.40. The van der Waals surface area contributed by atoms with E-state index in [9.17, 15) is 4.79 Å². The molecule has 1 aliphatic carbocycles. The number of aromatic nitrogens is 4. The molecule has 1 fully saturated rings. The Bertz CT molecular complexity index is 592. The second-order valence-electron chi connectivity index (χ2n) is 4.66. The quantitative estimate of drug-likeness (QED) is 0.832. The predicted molar refractivity (Wildman–Crippen MR) is 60.5 cm³/mol. The first-order valence-electron chi connectivity index (χ1n) is 5.64. The molecule has 2 aromatic heterocycles. The normalized spacial score (nSPS) is 16.2. The van der Waals surface area contributed by atoms with Gasteiger partial charge in [0, 0.05) is 12.0 Å². The summed E-state index contributed by atoms with van der Waals surface area (Å²) < 4.78 is 1.89. The summed E-state index contributed by atoms with van der Waals surface area (Å²) in [6, 6.07) is 0.249. The fourth-order valence-electron chi connectivity index (χ4n) is 2.07. The van der Waals surface area contributed by atoms with Gasteiger partial charge in [0.15, 0.2) is 0 Å². The average Bonchev–Trinajstić information content (AvgIpc) is 2.99. The second-order valence-corrected chi connectivity index (χ2v) is 4.66. The molecule has 0 radical (unpaired) electrons. The summed E-state index contributed by atoms with van der Waals surface area (Å²) in [7, 11) is 0. The van der Waals surface area contributed by atoms with Gasteiger partial charge in [0.2, 0.25) is 0 Å². The van der Waals surface area contributed by atoms with Gasteiger partial charge >= 0.3 is 0 Å². The van der Waals surface area contributed by atoms with Crippen LogP contribution in [0.5, 0.6) is 0 Å². The van der Waals surface area contributed by atoms with E-state index in [1.54, 1.807) is 6.20 Å². The molecule has 2 aromatic rings. The molecule has 0 bridgehead atoms. The van der Waals surface area contributed by atoms with Crippen LogP contribution < -0.4 is 5.56 Å². The van der Waals surface area contributed by atoms with Gasteiger partial charge in [-0.15, -0.1) is 0 Å². The van der Waals surface area contributed by atoms with Crippen LogP contribution in [0, 0.1) is 0 Å². The van der Waals surface area contributed by atoms with Crippen LogP contribution in [0.15, 0.2) is 11.0 Å². The molecular weight excluding hydrogens is 204 g/mol. The Balaban J connectivity index is 2.37. The minimum absolute atomic E-state index is 0.119. The van der Waals surface area contributed by atoms with Crippen LogP contribution in [0.3, 0.4) is 0 Å². The molecule has 0 aliphatic heterocycles. The van der Waals surface area contributed by atoms with E-state index in [1.165, 1.54) is 0 Å². The monoisotopic (exact) mass is 218 g/mol. The zero-order valence-corrected chi connectivity index (χ0v) is 9.40. The average molecular weight is 218 g/mol. The van der Waals surface area contributed by atoms with Crippen molar-refractivity contribution in [2.45, 2.75) is 38.6 Å². The van der Waals surface area contributed by atoms with E-state index >= 15 is 0 Å². The highest BCUT2D eigenvalue weighted by molar-refractivity contribution is 5.81. The van der Waals surface area contributed by atoms with Gasteiger partial charge in [-0.1, -0.05) is 0 Å². The molecule has 0 atom stereocenters. The number of aromatic amines is 1. The maximum Gasteiger partial charge on any atom is 0.275 e. The summed E-state index contributed by atoms with van der Waals surface area (Å²) in [5.74, 6) is 0.478. The molecule has 2 heterocycles. The Morgan fingerprint density at radius 3 is 2.88 bits per heavy atom. The standard InChI is InChI=1S/C11H14N4O/c1-6(2)15-8-5-12-13-11(16)9(8)10(14-15)7-3-4-7/h5-7H,3-4H2,1-2H3,(H,13,16). The Kier molecular flexibility index (Phi) is 1.89. The number of fused-ring (bicyclic) bond motifs is 1. The van der Waals surface area contributed by atoms with Gasteiger partial charge in [-0.2, -0.15) is 10.2 Å². The van der Waals surface area contributed by atoms with E-state index in [1.807, 2.05) is 4.68 Å². The summed E-state index contributed by atoms with van der Waals surface area (Å²) in [5, 5.41) is 11.6. The van der Waals surface area contributed by atoms with E-state index in [-0.39, 0.29) is 11.6 Å². The first-order valence-corrected chi connectivity index (χ1v) is 5.64. The van der Waals surface area contributed by atoms with Gasteiger partial charge in [-0.3, -0.25) is 9.48 Å². The molecule has 1 N–H and O–H groups in total. The van der Waals surface area contributed by atoms with E-state index < -0.39 is 0 Å². The van der Waals surface area contributed by atoms with E-state index in [4.69, 9.17) is 0 Å². The topological polar surface area (TPSA) is 63.6 Å². The molecule has 0 saturated heterocycles. The van der Waals surface area contributed by atoms with Crippen molar-refractivity contribution in [2.24, 2.45) is 0 Å². The molecular formula is C11H14N4O. The Morgan fingerprint density at radius 2 is 2.25 bits per heavy atom. The number of nitrogens with one attached hydrogen (secondary N) is 1. The van der Waals surface area contributed by atoms with Gasteiger partial charge in [0.05, 0.1) is 22.8 Å². The predicted octanol–water partition coefficient (Wildman–Crippen LogP) is 1.58. The Labute approximate surface area is 92.5 Å². The highest BCUT2D eigenvalue weighted by atomic mass is 16.1. The van der Waals surface area contributed by atoms with Crippen molar-refractivity contribution in [2.75, 3.05) is 0 Å². The lowest BCUT2D eigenvalue weighted by Crippen LogP contribution is -2.09. The molecule has 0 spiro atoms. The first-order chi connectivity index (χ1) is 7.68. The number of nitrogens with zero attached hydrogens (tertiary/aromatic N) is 3. The van der Waals surface area contributed by atoms with E-state index in [0.29, 0.717) is 5.92 Å². The van der Waals surface area contributed by atoms with Crippen LogP contribution in [0.1, 0.15) is 44.3 Å². The van der Waals surface area contributed by atoms with Crippen LogP contribution >= 0.6 is 0 Å². The number of H-pyrrole nitrogens is 1. The van der Waals surface area contributed by atoms with Crippen molar-refractivity contribution in [3.05, 3.63) is 22.2 Å². The molecule has 0 amide bonds. The van der Waals surface area contributed by atoms with Crippen LogP contribution in [-0.2, 0) is 0 Å². The smallest absolute Gasteiger partial charge is 0.267 e. The van der Waals surface area contributed by atoms with Crippen molar-refractivity contribution in [1.29, 1.82) is 0 Å². The van der Waals surface area contributed by atoms with Gasteiger partial charge in [-0.05, 0) is 26.7 Å². The van der Waals surface area contributed by atoms with Crippen molar-refractivity contribution in [3.8, 4) is 0 Å². The second kappa shape index (κ2) is 3.17. The van der Waals surface area contributed by atoms with Crippen molar-refractivity contribution in [1.82, 2.24) is 20.0 Å². The summed E-state index contributed by atoms with van der Waals surface area (Å²) >= 11 is 0. The van der Waals surface area contributed by atoms with Crippen molar-refractivity contribution < 1.29 is 0 Å². The van der Waals surface area contributed by atoms with Crippen molar-refractivity contribution in [3.63, 3.8) is 0 Å². The molecule has 1 saturated carbocycles. The Hall–Kier alpha value is -1.65.